The lowest BCUT2D eigenvalue weighted by atomic mass is 10.2. The number of aromatic nitrogens is 2. The Morgan fingerprint density at radius 1 is 1.28 bits per heavy atom. The molecule has 2 aromatic heterocycles. The average Bonchev–Trinajstić information content (AvgIpc) is 2.87. The Labute approximate surface area is 152 Å². The van der Waals surface area contributed by atoms with Crippen LogP contribution in [0.1, 0.15) is 16.0 Å². The first-order valence-corrected chi connectivity index (χ1v) is 9.41. The molecule has 25 heavy (non-hydrogen) atoms. The number of fused-ring (bicyclic) bond motifs is 1. The number of rotatable bonds is 5. The largest absolute Gasteiger partial charge is 0.383 e. The van der Waals surface area contributed by atoms with E-state index < -0.39 is 0 Å². The van der Waals surface area contributed by atoms with Crippen LogP contribution in [0.15, 0.2) is 29.4 Å². The number of benzene rings is 1. The van der Waals surface area contributed by atoms with Gasteiger partial charge in [0.2, 0.25) is 5.91 Å². The van der Waals surface area contributed by atoms with E-state index in [4.69, 9.17) is 5.73 Å². The van der Waals surface area contributed by atoms with Gasteiger partial charge in [-0.15, -0.1) is 11.3 Å². The number of nitrogens with one attached hydrogen (secondary N) is 1. The van der Waals surface area contributed by atoms with Crippen molar-refractivity contribution in [3.63, 3.8) is 0 Å². The summed E-state index contributed by atoms with van der Waals surface area (Å²) in [5, 5.41) is 4.17. The predicted octanol–water partition coefficient (Wildman–Crippen LogP) is 3.44. The molecule has 2 heterocycles. The number of thiophene rings is 1. The molecule has 1 amide bonds. The number of aryl methyl sites for hydroxylation is 2. The molecule has 3 rings (SSSR count). The first kappa shape index (κ1) is 17.6. The third-order valence-corrected chi connectivity index (χ3v) is 5.72. The summed E-state index contributed by atoms with van der Waals surface area (Å²) >= 11 is 2.82. The molecule has 0 radical (unpaired) electrons. The van der Waals surface area contributed by atoms with Crippen LogP contribution in [0.3, 0.4) is 0 Å². The summed E-state index contributed by atoms with van der Waals surface area (Å²) in [5.41, 5.74) is 7.98. The van der Waals surface area contributed by atoms with Crippen molar-refractivity contribution in [1.82, 2.24) is 15.3 Å². The summed E-state index contributed by atoms with van der Waals surface area (Å²) in [4.78, 5) is 22.8. The minimum absolute atomic E-state index is 0.143. The van der Waals surface area contributed by atoms with Crippen LogP contribution < -0.4 is 11.1 Å². The molecule has 0 aliphatic heterocycles. The summed E-state index contributed by atoms with van der Waals surface area (Å²) in [5.74, 6) is 0.196. The van der Waals surface area contributed by atoms with Gasteiger partial charge in [0.15, 0.2) is 5.16 Å². The molecule has 8 heteroatoms. The van der Waals surface area contributed by atoms with Gasteiger partial charge in [-0.2, -0.15) is 0 Å². The van der Waals surface area contributed by atoms with E-state index in [1.54, 1.807) is 23.5 Å². The fraction of sp³-hybridized carbons (Fsp3) is 0.235. The second kappa shape index (κ2) is 7.37. The van der Waals surface area contributed by atoms with Crippen molar-refractivity contribution in [2.45, 2.75) is 25.5 Å². The molecule has 0 saturated carbocycles. The van der Waals surface area contributed by atoms with Gasteiger partial charge in [0.25, 0.3) is 0 Å². The summed E-state index contributed by atoms with van der Waals surface area (Å²) in [7, 11) is 0. The maximum Gasteiger partial charge on any atom is 0.230 e. The Balaban J connectivity index is 1.60. The minimum atomic E-state index is -0.296. The second-order valence-corrected chi connectivity index (χ2v) is 7.69. The average molecular weight is 376 g/mol. The number of halogens is 1. The van der Waals surface area contributed by atoms with Crippen molar-refractivity contribution in [2.24, 2.45) is 0 Å². The lowest BCUT2D eigenvalue weighted by Gasteiger charge is -2.06. The molecule has 0 aliphatic carbocycles. The molecular formula is C17H17FN4OS2. The summed E-state index contributed by atoms with van der Waals surface area (Å²) in [6, 6.07) is 6.02. The number of amides is 1. The van der Waals surface area contributed by atoms with E-state index >= 15 is 0 Å². The first-order valence-electron chi connectivity index (χ1n) is 7.61. The van der Waals surface area contributed by atoms with Crippen LogP contribution in [0, 0.1) is 19.7 Å². The van der Waals surface area contributed by atoms with Gasteiger partial charge in [-0.3, -0.25) is 4.79 Å². The zero-order chi connectivity index (χ0) is 18.0. The number of hydrogen-bond donors (Lipinski definition) is 2. The van der Waals surface area contributed by atoms with Crippen LogP contribution in [-0.2, 0) is 11.3 Å². The van der Waals surface area contributed by atoms with Gasteiger partial charge in [0.05, 0.1) is 11.1 Å². The van der Waals surface area contributed by atoms with Crippen LogP contribution in [0.2, 0.25) is 0 Å². The standard InChI is InChI=1S/C17H17FN4OS2/c1-9-10(2)25-16-14(9)15(19)21-17(22-16)24-8-13(23)20-7-11-3-5-12(18)6-4-11/h3-6H,7-8H2,1-2H3,(H,20,23)(H2,19,21,22). The van der Waals surface area contributed by atoms with E-state index in [0.29, 0.717) is 17.5 Å². The molecule has 0 spiro atoms. The number of thioether (sulfide) groups is 1. The van der Waals surface area contributed by atoms with Crippen molar-refractivity contribution in [3.05, 3.63) is 46.1 Å². The molecule has 0 saturated heterocycles. The zero-order valence-corrected chi connectivity index (χ0v) is 15.4. The third-order valence-electron chi connectivity index (χ3n) is 3.77. The van der Waals surface area contributed by atoms with Gasteiger partial charge in [-0.25, -0.2) is 14.4 Å². The summed E-state index contributed by atoms with van der Waals surface area (Å²) in [6.45, 7) is 4.38. The Bertz CT molecular complexity index is 925. The zero-order valence-electron chi connectivity index (χ0n) is 13.8. The van der Waals surface area contributed by atoms with Gasteiger partial charge >= 0.3 is 0 Å². The summed E-state index contributed by atoms with van der Waals surface area (Å²) in [6.07, 6.45) is 0. The normalized spacial score (nSPS) is 11.0. The van der Waals surface area contributed by atoms with Gasteiger partial charge in [-0.05, 0) is 37.1 Å². The molecule has 1 aromatic carbocycles. The highest BCUT2D eigenvalue weighted by atomic mass is 32.2. The van der Waals surface area contributed by atoms with Crippen molar-refractivity contribution in [3.8, 4) is 0 Å². The van der Waals surface area contributed by atoms with Gasteiger partial charge in [0.1, 0.15) is 16.5 Å². The molecule has 130 valence electrons. The van der Waals surface area contributed by atoms with Crippen LogP contribution in [0.25, 0.3) is 10.2 Å². The van der Waals surface area contributed by atoms with Gasteiger partial charge < -0.3 is 11.1 Å². The summed E-state index contributed by atoms with van der Waals surface area (Å²) < 4.78 is 12.9. The Kier molecular flexibility index (Phi) is 5.19. The van der Waals surface area contributed by atoms with E-state index in [2.05, 4.69) is 15.3 Å². The topological polar surface area (TPSA) is 80.9 Å². The molecule has 0 unspecified atom stereocenters. The highest BCUT2D eigenvalue weighted by Gasteiger charge is 2.13. The molecule has 5 nitrogen and oxygen atoms in total. The van der Waals surface area contributed by atoms with Crippen LogP contribution in [0.5, 0.6) is 0 Å². The predicted molar refractivity (Wildman–Crippen MR) is 100 cm³/mol. The number of carbonyl (C=O) groups is 1. The van der Waals surface area contributed by atoms with E-state index in [9.17, 15) is 9.18 Å². The van der Waals surface area contributed by atoms with E-state index in [0.717, 1.165) is 26.2 Å². The third kappa shape index (κ3) is 4.08. The second-order valence-electron chi connectivity index (χ2n) is 5.55. The number of anilines is 1. The maximum atomic E-state index is 12.9. The van der Waals surface area contributed by atoms with Gasteiger partial charge in [-0.1, -0.05) is 23.9 Å². The quantitative estimate of drug-likeness (QED) is 0.527. The molecule has 0 atom stereocenters. The smallest absolute Gasteiger partial charge is 0.230 e. The molecule has 0 bridgehead atoms. The highest BCUT2D eigenvalue weighted by molar-refractivity contribution is 7.99. The van der Waals surface area contributed by atoms with Crippen molar-refractivity contribution < 1.29 is 9.18 Å². The molecular weight excluding hydrogens is 359 g/mol. The van der Waals surface area contributed by atoms with E-state index in [1.165, 1.54) is 23.9 Å². The van der Waals surface area contributed by atoms with Gasteiger partial charge in [0, 0.05) is 11.4 Å². The molecule has 0 fully saturated rings. The lowest BCUT2D eigenvalue weighted by Crippen LogP contribution is -2.24. The first-order chi connectivity index (χ1) is 11.9. The van der Waals surface area contributed by atoms with E-state index in [1.807, 2.05) is 13.8 Å². The lowest BCUT2D eigenvalue weighted by molar-refractivity contribution is -0.118. The van der Waals surface area contributed by atoms with Crippen molar-refractivity contribution >= 4 is 45.0 Å². The number of hydrogen-bond acceptors (Lipinski definition) is 6. The number of nitrogens with zero attached hydrogens (tertiary/aromatic N) is 2. The molecule has 3 N–H and O–H groups in total. The highest BCUT2D eigenvalue weighted by Crippen LogP contribution is 2.33. The molecule has 0 aliphatic rings. The van der Waals surface area contributed by atoms with E-state index in [-0.39, 0.29) is 17.5 Å². The Morgan fingerprint density at radius 3 is 2.72 bits per heavy atom. The van der Waals surface area contributed by atoms with Crippen LogP contribution >= 0.6 is 23.1 Å². The van der Waals surface area contributed by atoms with Crippen molar-refractivity contribution in [2.75, 3.05) is 11.5 Å². The van der Waals surface area contributed by atoms with Crippen LogP contribution in [-0.4, -0.2) is 21.6 Å². The molecule has 3 aromatic rings. The number of nitrogens with two attached hydrogens (primary N) is 1. The van der Waals surface area contributed by atoms with Crippen molar-refractivity contribution in [1.29, 1.82) is 0 Å². The number of nitrogen functional groups attached to an aromatic ring is 1. The van der Waals surface area contributed by atoms with Crippen LogP contribution in [0.4, 0.5) is 10.2 Å². The monoisotopic (exact) mass is 376 g/mol. The number of carbonyl (C=O) groups excluding carboxylic acids is 1. The maximum absolute atomic E-state index is 12.9. The Hall–Kier alpha value is -2.19. The Morgan fingerprint density at radius 2 is 2.00 bits per heavy atom. The SMILES string of the molecule is Cc1sc2nc(SCC(=O)NCc3ccc(F)cc3)nc(N)c2c1C. The fourth-order valence-electron chi connectivity index (χ4n) is 2.31. The minimum Gasteiger partial charge on any atom is -0.383 e. The fourth-order valence-corrected chi connectivity index (χ4v) is 4.08.